The highest BCUT2D eigenvalue weighted by atomic mass is 16.1. The summed E-state index contributed by atoms with van der Waals surface area (Å²) in [5, 5.41) is 0. The Hall–Kier alpha value is -1.43. The highest BCUT2D eigenvalue weighted by molar-refractivity contribution is 5.99. The van der Waals surface area contributed by atoms with Gasteiger partial charge in [0.25, 0.3) is 0 Å². The molecule has 0 aromatic carbocycles. The minimum atomic E-state index is -0.303. The van der Waals surface area contributed by atoms with E-state index in [1.807, 2.05) is 69.2 Å². The first-order valence-electron chi connectivity index (χ1n) is 9.53. The molecule has 1 aliphatic carbocycles. The predicted octanol–water partition coefficient (Wildman–Crippen LogP) is 6.28. The topological polar surface area (TPSA) is 51.2 Å². The van der Waals surface area contributed by atoms with Crippen molar-refractivity contribution < 1.29 is 14.4 Å². The summed E-state index contributed by atoms with van der Waals surface area (Å²) in [6.07, 6.45) is 2.93. The highest BCUT2D eigenvalue weighted by Gasteiger charge is 2.36. The Morgan fingerprint density at radius 2 is 1.22 bits per heavy atom. The third-order valence-corrected chi connectivity index (χ3v) is 3.76. The SMILES string of the molecule is C.CC#CC(=O)C(C)(C)C.CC(C)(C)C(=O)C1CC1.CCC(=O)C(C)(C)C. The van der Waals surface area contributed by atoms with Crippen LogP contribution in [0.3, 0.4) is 0 Å². The standard InChI is InChI=1S/C8H14O.C8H12O.C7H14O.CH4/c1-8(2,3)7(9)6-4-5-6;1-5-6-7(9)8(2,3)4;1-5-6(8)7(2,3)4;/h6H,4-5H2,1-3H3;1-4H3;5H2,1-4H3;1H4. The van der Waals surface area contributed by atoms with E-state index in [4.69, 9.17) is 0 Å². The van der Waals surface area contributed by atoms with Crippen LogP contribution in [0.5, 0.6) is 0 Å². The minimum absolute atomic E-state index is 0. The van der Waals surface area contributed by atoms with E-state index in [-0.39, 0.29) is 29.5 Å². The maximum absolute atomic E-state index is 11.2. The normalized spacial score (nSPS) is 13.3. The summed E-state index contributed by atoms with van der Waals surface area (Å²) >= 11 is 0. The zero-order chi connectivity index (χ0) is 21.3. The van der Waals surface area contributed by atoms with Crippen molar-refractivity contribution >= 4 is 17.3 Å². The minimum Gasteiger partial charge on any atom is -0.299 e. The molecule has 3 heteroatoms. The Balaban J connectivity index is -0.000000315. The lowest BCUT2D eigenvalue weighted by atomic mass is 9.88. The van der Waals surface area contributed by atoms with Gasteiger partial charge >= 0.3 is 0 Å². The molecule has 158 valence electrons. The molecule has 0 amide bonds. The van der Waals surface area contributed by atoms with Crippen molar-refractivity contribution in [2.75, 3.05) is 0 Å². The van der Waals surface area contributed by atoms with E-state index in [0.717, 1.165) is 12.8 Å². The molecule has 0 unspecified atom stereocenters. The molecule has 0 saturated heterocycles. The molecule has 0 bridgehead atoms. The molecule has 0 N–H and O–H groups in total. The molecule has 1 rings (SSSR count). The average Bonchev–Trinajstić information content (AvgIpc) is 3.28. The molecule has 1 saturated carbocycles. The number of hydrogen-bond donors (Lipinski definition) is 0. The number of carbonyl (C=O) groups is 3. The molecule has 0 aromatic rings. The molecular weight excluding hydrogens is 336 g/mol. The van der Waals surface area contributed by atoms with E-state index in [2.05, 4.69) is 11.8 Å². The Morgan fingerprint density at radius 3 is 1.30 bits per heavy atom. The largest absolute Gasteiger partial charge is 0.299 e. The van der Waals surface area contributed by atoms with E-state index >= 15 is 0 Å². The van der Waals surface area contributed by atoms with Gasteiger partial charge in [-0.05, 0) is 25.7 Å². The van der Waals surface area contributed by atoms with Crippen molar-refractivity contribution in [2.24, 2.45) is 22.2 Å². The number of hydrogen-bond acceptors (Lipinski definition) is 3. The van der Waals surface area contributed by atoms with Crippen molar-refractivity contribution in [3.8, 4) is 11.8 Å². The summed E-state index contributed by atoms with van der Waals surface area (Å²) in [4.78, 5) is 33.0. The van der Waals surface area contributed by atoms with Crippen LogP contribution in [0.4, 0.5) is 0 Å². The zero-order valence-electron chi connectivity index (χ0n) is 18.9. The van der Waals surface area contributed by atoms with Crippen LogP contribution >= 0.6 is 0 Å². The Labute approximate surface area is 169 Å². The molecule has 1 aliphatic rings. The van der Waals surface area contributed by atoms with Crippen molar-refractivity contribution in [1.82, 2.24) is 0 Å². The van der Waals surface area contributed by atoms with Crippen LogP contribution in [0.15, 0.2) is 0 Å². The van der Waals surface area contributed by atoms with Gasteiger partial charge in [0.15, 0.2) is 0 Å². The molecule has 1 fully saturated rings. The second kappa shape index (κ2) is 12.1. The van der Waals surface area contributed by atoms with Crippen LogP contribution in [-0.2, 0) is 14.4 Å². The summed E-state index contributed by atoms with van der Waals surface area (Å²) in [5.74, 6) is 6.27. The Kier molecular flexibility index (Phi) is 13.6. The van der Waals surface area contributed by atoms with Crippen LogP contribution < -0.4 is 0 Å². The fraction of sp³-hybridized carbons (Fsp3) is 0.792. The van der Waals surface area contributed by atoms with Gasteiger partial charge in [0, 0.05) is 28.6 Å². The quantitative estimate of drug-likeness (QED) is 0.418. The van der Waals surface area contributed by atoms with Crippen LogP contribution in [0.2, 0.25) is 0 Å². The number of rotatable bonds is 2. The van der Waals surface area contributed by atoms with Gasteiger partial charge in [0.2, 0.25) is 5.78 Å². The van der Waals surface area contributed by atoms with E-state index in [1.54, 1.807) is 6.92 Å². The lowest BCUT2D eigenvalue weighted by Crippen LogP contribution is -2.21. The Bertz CT molecular complexity index is 533. The maximum atomic E-state index is 11.2. The monoisotopic (exact) mass is 380 g/mol. The second-order valence-corrected chi connectivity index (χ2v) is 9.87. The molecule has 27 heavy (non-hydrogen) atoms. The maximum Gasteiger partial charge on any atom is 0.210 e. The van der Waals surface area contributed by atoms with Gasteiger partial charge < -0.3 is 0 Å². The third-order valence-electron chi connectivity index (χ3n) is 3.76. The van der Waals surface area contributed by atoms with Crippen LogP contribution in [0.25, 0.3) is 0 Å². The van der Waals surface area contributed by atoms with Gasteiger partial charge in [-0.15, -0.1) is 0 Å². The van der Waals surface area contributed by atoms with Crippen molar-refractivity contribution in [3.05, 3.63) is 0 Å². The first-order valence-corrected chi connectivity index (χ1v) is 9.53. The predicted molar refractivity (Wildman–Crippen MR) is 117 cm³/mol. The third kappa shape index (κ3) is 15.3. The highest BCUT2D eigenvalue weighted by Crippen LogP contribution is 2.36. The smallest absolute Gasteiger partial charge is 0.210 e. The first kappa shape index (κ1) is 30.3. The summed E-state index contributed by atoms with van der Waals surface area (Å²) in [7, 11) is 0. The Morgan fingerprint density at radius 1 is 0.815 bits per heavy atom. The molecule has 0 aromatic heterocycles. The lowest BCUT2D eigenvalue weighted by molar-refractivity contribution is -0.127. The fourth-order valence-corrected chi connectivity index (χ4v) is 1.79. The zero-order valence-corrected chi connectivity index (χ0v) is 18.9. The summed E-state index contributed by atoms with van der Waals surface area (Å²) in [6, 6.07) is 0. The van der Waals surface area contributed by atoms with Gasteiger partial charge in [-0.25, -0.2) is 0 Å². The summed E-state index contributed by atoms with van der Waals surface area (Å²) < 4.78 is 0. The van der Waals surface area contributed by atoms with Crippen LogP contribution in [0, 0.1) is 34.0 Å². The van der Waals surface area contributed by atoms with Crippen LogP contribution in [0.1, 0.15) is 103 Å². The molecule has 0 aliphatic heterocycles. The lowest BCUT2D eigenvalue weighted by Gasteiger charge is -2.15. The summed E-state index contributed by atoms with van der Waals surface area (Å²) in [6.45, 7) is 21.0. The van der Waals surface area contributed by atoms with E-state index < -0.39 is 0 Å². The van der Waals surface area contributed by atoms with Gasteiger partial charge in [0.1, 0.15) is 11.6 Å². The number of ketones is 3. The molecular formula is C24H44O3. The average molecular weight is 381 g/mol. The van der Waals surface area contributed by atoms with Gasteiger partial charge in [0.05, 0.1) is 0 Å². The number of Topliss-reactive ketones (excluding diaryl/α,β-unsaturated/α-hetero) is 3. The second-order valence-electron chi connectivity index (χ2n) is 9.87. The molecule has 0 heterocycles. The molecule has 0 spiro atoms. The van der Waals surface area contributed by atoms with E-state index in [9.17, 15) is 14.4 Å². The van der Waals surface area contributed by atoms with Crippen molar-refractivity contribution in [3.63, 3.8) is 0 Å². The van der Waals surface area contributed by atoms with Crippen molar-refractivity contribution in [2.45, 2.75) is 103 Å². The van der Waals surface area contributed by atoms with E-state index in [0.29, 0.717) is 23.9 Å². The fourth-order valence-electron chi connectivity index (χ4n) is 1.79. The molecule has 3 nitrogen and oxygen atoms in total. The summed E-state index contributed by atoms with van der Waals surface area (Å²) in [5.41, 5.74) is -0.529. The van der Waals surface area contributed by atoms with Crippen LogP contribution in [-0.4, -0.2) is 17.3 Å². The molecule has 0 radical (unpaired) electrons. The van der Waals surface area contributed by atoms with E-state index in [1.165, 1.54) is 0 Å². The molecule has 0 atom stereocenters. The van der Waals surface area contributed by atoms with Crippen molar-refractivity contribution in [1.29, 1.82) is 0 Å². The number of carbonyl (C=O) groups excluding carboxylic acids is 3. The van der Waals surface area contributed by atoms with Gasteiger partial charge in [-0.2, -0.15) is 0 Å². The van der Waals surface area contributed by atoms with Gasteiger partial charge in [-0.3, -0.25) is 14.4 Å². The first-order chi connectivity index (χ1) is 11.5. The van der Waals surface area contributed by atoms with Gasteiger partial charge in [-0.1, -0.05) is 82.6 Å².